The van der Waals surface area contributed by atoms with Crippen LogP contribution >= 0.6 is 21.8 Å². The predicted molar refractivity (Wildman–Crippen MR) is 39.3 cm³/mol. The van der Waals surface area contributed by atoms with Crippen LogP contribution in [-0.4, -0.2) is 20.7 Å². The molecule has 7 heteroatoms. The molecule has 0 fully saturated rings. The summed E-state index contributed by atoms with van der Waals surface area (Å²) in [4.78, 5) is 19.7. The molecule has 0 aliphatic heterocycles. The van der Waals surface area contributed by atoms with Gasteiger partial charge in [-0.3, -0.25) is 4.79 Å². The second-order valence-corrected chi connectivity index (χ2v) is 3.75. The fourth-order valence-corrected chi connectivity index (χ4v) is 1.27. The van der Waals surface area contributed by atoms with Crippen molar-refractivity contribution in [3.8, 4) is 0 Å². The van der Waals surface area contributed by atoms with Gasteiger partial charge in [-0.2, -0.15) is 0 Å². The van der Waals surface area contributed by atoms with Crippen molar-refractivity contribution in [3.05, 3.63) is 10.1 Å². The van der Waals surface area contributed by atoms with E-state index in [0.29, 0.717) is 21.8 Å². The van der Waals surface area contributed by atoms with E-state index in [0.717, 1.165) is 0 Å². The minimum Gasteiger partial charge on any atom is -0.480 e. The molecule has 0 spiro atoms. The minimum atomic E-state index is -1.04. The average molecular weight is 183 g/mol. The molecule has 0 aromatic heterocycles. The Bertz CT molecular complexity index is 149. The predicted octanol–water partition coefficient (Wildman–Crippen LogP) is 1.03. The quantitative estimate of drug-likeness (QED) is 0.303. The van der Waals surface area contributed by atoms with Crippen molar-refractivity contribution >= 4 is 27.7 Å². The van der Waals surface area contributed by atoms with Gasteiger partial charge in [0.15, 0.2) is 0 Å². The maximum Gasteiger partial charge on any atom is 0.317 e. The lowest BCUT2D eigenvalue weighted by Crippen LogP contribution is -2.10. The van der Waals surface area contributed by atoms with Crippen molar-refractivity contribution in [3.63, 3.8) is 0 Å². The first-order valence-corrected chi connectivity index (χ1v) is 4.41. The summed E-state index contributed by atoms with van der Waals surface area (Å²) in [7, 11) is 1.04. The van der Waals surface area contributed by atoms with Crippen LogP contribution in [0.3, 0.4) is 0 Å². The van der Waals surface area contributed by atoms with Gasteiger partial charge in [-0.15, -0.1) is 0 Å². The molecule has 0 aromatic rings. The first-order valence-electron chi connectivity index (χ1n) is 2.24. The van der Waals surface area contributed by atoms with Crippen molar-refractivity contribution in [1.29, 1.82) is 0 Å². The fourth-order valence-electron chi connectivity index (χ4n) is 0.141. The van der Waals surface area contributed by atoms with Gasteiger partial charge in [-0.25, -0.2) is 10.1 Å². The molecule has 0 aliphatic rings. The lowest BCUT2D eigenvalue weighted by atomic mass is 10.5. The molecule has 0 saturated carbocycles. The van der Waals surface area contributed by atoms with Crippen LogP contribution in [0.1, 0.15) is 6.92 Å². The highest BCUT2D eigenvalue weighted by Crippen LogP contribution is 2.26. The molecule has 10 heavy (non-hydrogen) atoms. The molecule has 5 nitrogen and oxygen atoms in total. The van der Waals surface area contributed by atoms with E-state index in [9.17, 15) is 14.9 Å². The van der Waals surface area contributed by atoms with Gasteiger partial charge in [0.25, 0.3) is 0 Å². The van der Waals surface area contributed by atoms with Crippen LogP contribution in [0.15, 0.2) is 0 Å². The first-order chi connectivity index (χ1) is 4.54. The molecular formula is C3H5NO4S2. The number of hydrogen-bond acceptors (Lipinski definition) is 5. The zero-order valence-corrected chi connectivity index (χ0v) is 6.65. The lowest BCUT2D eigenvalue weighted by Gasteiger charge is -1.96. The zero-order chi connectivity index (χ0) is 8.15. The molecule has 58 valence electrons. The van der Waals surface area contributed by atoms with Crippen LogP contribution in [0.4, 0.5) is 0 Å². The Balaban J connectivity index is 3.49. The van der Waals surface area contributed by atoms with Crippen LogP contribution in [0.5, 0.6) is 0 Å². The maximum absolute atomic E-state index is 10.1. The van der Waals surface area contributed by atoms with Crippen molar-refractivity contribution in [1.82, 2.24) is 0 Å². The number of rotatable bonds is 4. The zero-order valence-electron chi connectivity index (χ0n) is 5.01. The number of hydrogen-bond donors (Lipinski definition) is 1. The standard InChI is InChI=1S/C3H5NO4S2/c1-2(3(5)6)9-10-4(7)8/h2H,1H3,(H,5,6). The Morgan fingerprint density at radius 2 is 2.30 bits per heavy atom. The Morgan fingerprint density at radius 1 is 1.80 bits per heavy atom. The number of carboxylic acids is 1. The van der Waals surface area contributed by atoms with E-state index in [1.165, 1.54) is 6.92 Å². The van der Waals surface area contributed by atoms with Gasteiger partial charge in [0, 0.05) is 10.8 Å². The molecule has 1 unspecified atom stereocenters. The number of carboxylic acid groups (broad SMARTS) is 1. The van der Waals surface area contributed by atoms with Gasteiger partial charge in [-0.1, -0.05) is 0 Å². The number of nitro groups is 1. The molecule has 0 aliphatic carbocycles. The van der Waals surface area contributed by atoms with Crippen molar-refractivity contribution < 1.29 is 14.2 Å². The van der Waals surface area contributed by atoms with Crippen LogP contribution in [-0.2, 0) is 4.79 Å². The van der Waals surface area contributed by atoms with E-state index in [1.54, 1.807) is 0 Å². The molecule has 0 rings (SSSR count). The highest BCUT2D eigenvalue weighted by atomic mass is 33.1. The third kappa shape index (κ3) is 4.45. The molecule has 0 radical (unpaired) electrons. The Hall–Kier alpha value is -0.430. The molecule has 1 N–H and O–H groups in total. The van der Waals surface area contributed by atoms with Crippen LogP contribution < -0.4 is 0 Å². The molecule has 0 bridgehead atoms. The summed E-state index contributed by atoms with van der Waals surface area (Å²) in [6.45, 7) is 1.39. The number of carbonyl (C=O) groups is 1. The van der Waals surface area contributed by atoms with E-state index in [2.05, 4.69) is 0 Å². The van der Waals surface area contributed by atoms with Crippen LogP contribution in [0.2, 0.25) is 0 Å². The highest BCUT2D eigenvalue weighted by molar-refractivity contribution is 8.74. The van der Waals surface area contributed by atoms with Crippen LogP contribution in [0.25, 0.3) is 0 Å². The second-order valence-electron chi connectivity index (χ2n) is 1.37. The number of aliphatic carboxylic acids is 1. The summed E-state index contributed by atoms with van der Waals surface area (Å²) in [6, 6.07) is 0. The third-order valence-electron chi connectivity index (χ3n) is 0.596. The van der Waals surface area contributed by atoms with E-state index in [4.69, 9.17) is 5.11 Å². The van der Waals surface area contributed by atoms with Gasteiger partial charge >= 0.3 is 16.9 Å². The SMILES string of the molecule is CC(SS[N+](=O)[O-])C(=O)O. The van der Waals surface area contributed by atoms with Gasteiger partial charge in [0.05, 0.1) is 0 Å². The minimum absolute atomic E-state index is 0.326. The van der Waals surface area contributed by atoms with E-state index in [-0.39, 0.29) is 0 Å². The molecule has 1 atom stereocenters. The monoisotopic (exact) mass is 183 g/mol. The summed E-state index contributed by atoms with van der Waals surface area (Å²) >= 11 is 0. The van der Waals surface area contributed by atoms with Gasteiger partial charge in [0.1, 0.15) is 9.58 Å². The van der Waals surface area contributed by atoms with E-state index in [1.807, 2.05) is 0 Å². The topological polar surface area (TPSA) is 80.4 Å². The lowest BCUT2D eigenvalue weighted by molar-refractivity contribution is -0.280. The summed E-state index contributed by atoms with van der Waals surface area (Å²) < 4.78 is -0.635. The second kappa shape index (κ2) is 4.40. The van der Waals surface area contributed by atoms with Gasteiger partial charge in [0.2, 0.25) is 0 Å². The van der Waals surface area contributed by atoms with E-state index >= 15 is 0 Å². The van der Waals surface area contributed by atoms with Gasteiger partial charge < -0.3 is 5.11 Å². The molecule has 0 heterocycles. The molecule has 0 amide bonds. The Labute approximate surface area is 64.9 Å². The third-order valence-corrected chi connectivity index (χ3v) is 2.78. The van der Waals surface area contributed by atoms with Crippen molar-refractivity contribution in [2.24, 2.45) is 0 Å². The van der Waals surface area contributed by atoms with Crippen LogP contribution in [0, 0.1) is 10.1 Å². The summed E-state index contributed by atoms with van der Waals surface area (Å²) in [6.07, 6.45) is 0. The van der Waals surface area contributed by atoms with Crippen molar-refractivity contribution in [2.75, 3.05) is 0 Å². The number of nitrogens with zero attached hydrogens (tertiary/aromatic N) is 1. The average Bonchev–Trinajstić information content (AvgIpc) is 1.82. The Morgan fingerprint density at radius 3 is 2.60 bits per heavy atom. The Kier molecular flexibility index (Phi) is 4.21. The largest absolute Gasteiger partial charge is 0.480 e. The molecular weight excluding hydrogens is 178 g/mol. The maximum atomic E-state index is 10.1. The summed E-state index contributed by atoms with van der Waals surface area (Å²) in [5.41, 5.74) is 0. The normalized spacial score (nSPS) is 12.5. The first kappa shape index (κ1) is 9.57. The highest BCUT2D eigenvalue weighted by Gasteiger charge is 2.16. The smallest absolute Gasteiger partial charge is 0.317 e. The molecule has 0 aromatic carbocycles. The van der Waals surface area contributed by atoms with E-state index < -0.39 is 15.5 Å². The summed E-state index contributed by atoms with van der Waals surface area (Å²) in [5, 5.41) is 17.2. The fraction of sp³-hybridized carbons (Fsp3) is 0.667. The van der Waals surface area contributed by atoms with Crippen molar-refractivity contribution in [2.45, 2.75) is 12.2 Å². The van der Waals surface area contributed by atoms with Gasteiger partial charge in [-0.05, 0) is 6.92 Å². The molecule has 0 saturated heterocycles. The summed E-state index contributed by atoms with van der Waals surface area (Å²) in [5.74, 6) is -1.04.